The molecule has 0 saturated heterocycles. The Labute approximate surface area is 82.9 Å². The third-order valence-corrected chi connectivity index (χ3v) is 2.40. The van der Waals surface area contributed by atoms with Crippen molar-refractivity contribution in [2.75, 3.05) is 13.7 Å². The van der Waals surface area contributed by atoms with Crippen LogP contribution < -0.4 is 5.73 Å². The predicted octanol–water partition coefficient (Wildman–Crippen LogP) is 1.56. The lowest BCUT2D eigenvalue weighted by molar-refractivity contribution is 0.00980. The number of nitrogens with two attached hydrogens (primary N) is 1. The van der Waals surface area contributed by atoms with Gasteiger partial charge in [0.05, 0.1) is 0 Å². The van der Waals surface area contributed by atoms with Crippen LogP contribution in [-0.4, -0.2) is 18.6 Å². The predicted molar refractivity (Wildman–Crippen MR) is 52.7 cm³/mol. The van der Waals surface area contributed by atoms with Crippen molar-refractivity contribution in [1.82, 2.24) is 4.98 Å². The zero-order valence-corrected chi connectivity index (χ0v) is 8.51. The number of nitrogens with zero attached hydrogens (tertiary/aromatic N) is 1. The smallest absolute Gasteiger partial charge is 0.129 e. The second-order valence-electron chi connectivity index (χ2n) is 3.01. The molecule has 4 heteroatoms. The van der Waals surface area contributed by atoms with E-state index in [0.29, 0.717) is 11.7 Å². The van der Waals surface area contributed by atoms with Crippen LogP contribution in [0.3, 0.4) is 0 Å². The molecule has 0 fully saturated rings. The van der Waals surface area contributed by atoms with Gasteiger partial charge in [-0.2, -0.15) is 0 Å². The second-order valence-corrected chi connectivity index (χ2v) is 3.40. The average Bonchev–Trinajstić information content (AvgIpc) is 2.18. The highest BCUT2D eigenvalue weighted by molar-refractivity contribution is 6.29. The van der Waals surface area contributed by atoms with Gasteiger partial charge in [-0.1, -0.05) is 17.7 Å². The lowest BCUT2D eigenvalue weighted by Gasteiger charge is -2.26. The van der Waals surface area contributed by atoms with Crippen LogP contribution in [0.5, 0.6) is 0 Å². The van der Waals surface area contributed by atoms with Crippen LogP contribution in [0.25, 0.3) is 0 Å². The maximum Gasteiger partial charge on any atom is 0.129 e. The molecule has 2 N–H and O–H groups in total. The quantitative estimate of drug-likeness (QED) is 0.754. The van der Waals surface area contributed by atoms with Crippen LogP contribution in [-0.2, 0) is 10.3 Å². The van der Waals surface area contributed by atoms with Crippen molar-refractivity contribution >= 4 is 11.6 Å². The second kappa shape index (κ2) is 4.05. The van der Waals surface area contributed by atoms with Crippen LogP contribution in [0, 0.1) is 0 Å². The van der Waals surface area contributed by atoms with Gasteiger partial charge in [0.1, 0.15) is 10.8 Å². The van der Waals surface area contributed by atoms with E-state index in [-0.39, 0.29) is 0 Å². The van der Waals surface area contributed by atoms with Crippen molar-refractivity contribution in [2.45, 2.75) is 12.5 Å². The molecule has 0 aliphatic heterocycles. The number of hydrogen-bond donors (Lipinski definition) is 1. The third-order valence-electron chi connectivity index (χ3n) is 2.18. The Morgan fingerprint density at radius 1 is 1.62 bits per heavy atom. The average molecular weight is 201 g/mol. The largest absolute Gasteiger partial charge is 0.372 e. The fraction of sp³-hybridized carbons (Fsp3) is 0.444. The highest BCUT2D eigenvalue weighted by atomic mass is 35.5. The molecular formula is C9H13ClN2O. The normalized spacial score (nSPS) is 15.4. The summed E-state index contributed by atoms with van der Waals surface area (Å²) in [5.41, 5.74) is 6.06. The van der Waals surface area contributed by atoms with Gasteiger partial charge in [0.2, 0.25) is 0 Å². The van der Waals surface area contributed by atoms with Crippen LogP contribution >= 0.6 is 11.6 Å². The fourth-order valence-electron chi connectivity index (χ4n) is 1.01. The van der Waals surface area contributed by atoms with E-state index in [4.69, 9.17) is 22.1 Å². The molecule has 0 aromatic carbocycles. The molecule has 3 nitrogen and oxygen atoms in total. The molecule has 0 bridgehead atoms. The molecule has 1 aromatic heterocycles. The maximum absolute atomic E-state index is 5.66. The highest BCUT2D eigenvalue weighted by Crippen LogP contribution is 2.22. The van der Waals surface area contributed by atoms with Crippen LogP contribution in [0.2, 0.25) is 5.15 Å². The molecule has 0 aliphatic carbocycles. The minimum absolute atomic E-state index is 0.410. The van der Waals surface area contributed by atoms with Crippen molar-refractivity contribution in [2.24, 2.45) is 5.73 Å². The molecule has 1 atom stereocenters. The third kappa shape index (κ3) is 2.18. The Morgan fingerprint density at radius 3 is 2.69 bits per heavy atom. The van der Waals surface area contributed by atoms with Crippen molar-refractivity contribution < 1.29 is 4.74 Å². The van der Waals surface area contributed by atoms with Gasteiger partial charge in [0.25, 0.3) is 0 Å². The minimum Gasteiger partial charge on any atom is -0.372 e. The summed E-state index contributed by atoms with van der Waals surface area (Å²) in [5.74, 6) is 0. The number of halogens is 1. The molecule has 0 radical (unpaired) electrons. The van der Waals surface area contributed by atoms with E-state index in [9.17, 15) is 0 Å². The summed E-state index contributed by atoms with van der Waals surface area (Å²) in [4.78, 5) is 3.97. The zero-order valence-electron chi connectivity index (χ0n) is 7.75. The fourth-order valence-corrected chi connectivity index (χ4v) is 1.12. The van der Waals surface area contributed by atoms with Gasteiger partial charge >= 0.3 is 0 Å². The van der Waals surface area contributed by atoms with E-state index < -0.39 is 5.60 Å². The highest BCUT2D eigenvalue weighted by Gasteiger charge is 2.24. The molecule has 1 unspecified atom stereocenters. The van der Waals surface area contributed by atoms with E-state index in [0.717, 1.165) is 5.56 Å². The van der Waals surface area contributed by atoms with Gasteiger partial charge in [-0.3, -0.25) is 0 Å². The monoisotopic (exact) mass is 200 g/mol. The van der Waals surface area contributed by atoms with Gasteiger partial charge in [0, 0.05) is 25.4 Å². The number of rotatable bonds is 3. The summed E-state index contributed by atoms with van der Waals surface area (Å²) in [6.45, 7) is 2.32. The zero-order chi connectivity index (χ0) is 9.90. The Hall–Kier alpha value is -0.640. The summed E-state index contributed by atoms with van der Waals surface area (Å²) in [6.07, 6.45) is 1.68. The summed E-state index contributed by atoms with van der Waals surface area (Å²) in [5, 5.41) is 0.472. The van der Waals surface area contributed by atoms with Gasteiger partial charge in [-0.15, -0.1) is 0 Å². The molecular weight excluding hydrogens is 188 g/mol. The van der Waals surface area contributed by atoms with Crippen LogP contribution in [0.15, 0.2) is 18.3 Å². The van der Waals surface area contributed by atoms with E-state index in [1.165, 1.54) is 0 Å². The Bertz CT molecular complexity index is 269. The molecule has 0 aliphatic rings. The van der Waals surface area contributed by atoms with Gasteiger partial charge in [-0.05, 0) is 13.0 Å². The first-order valence-corrected chi connectivity index (χ1v) is 4.37. The first kappa shape index (κ1) is 10.4. The minimum atomic E-state index is -0.475. The number of aromatic nitrogens is 1. The maximum atomic E-state index is 5.66. The Morgan fingerprint density at radius 2 is 2.31 bits per heavy atom. The molecule has 13 heavy (non-hydrogen) atoms. The van der Waals surface area contributed by atoms with Crippen molar-refractivity contribution in [3.05, 3.63) is 29.0 Å². The molecule has 0 saturated carbocycles. The van der Waals surface area contributed by atoms with E-state index >= 15 is 0 Å². The number of pyridine rings is 1. The molecule has 1 aromatic rings. The van der Waals surface area contributed by atoms with Gasteiger partial charge in [-0.25, -0.2) is 4.98 Å². The summed E-state index contributed by atoms with van der Waals surface area (Å²) in [7, 11) is 1.63. The first-order valence-electron chi connectivity index (χ1n) is 3.99. The SMILES string of the molecule is COC(C)(CN)c1ccc(Cl)nc1. The summed E-state index contributed by atoms with van der Waals surface area (Å²) >= 11 is 5.66. The standard InChI is InChI=1S/C9H13ClN2O/c1-9(6-11,13-2)7-3-4-8(10)12-5-7/h3-5H,6,11H2,1-2H3. The van der Waals surface area contributed by atoms with Gasteiger partial charge < -0.3 is 10.5 Å². The molecule has 72 valence electrons. The van der Waals surface area contributed by atoms with Crippen molar-refractivity contribution in [3.63, 3.8) is 0 Å². The van der Waals surface area contributed by atoms with E-state index in [2.05, 4.69) is 4.98 Å². The lowest BCUT2D eigenvalue weighted by Crippen LogP contribution is -2.33. The Balaban J connectivity index is 2.99. The first-order chi connectivity index (χ1) is 6.12. The number of ether oxygens (including phenoxy) is 1. The van der Waals surface area contributed by atoms with E-state index in [1.54, 1.807) is 19.4 Å². The summed E-state index contributed by atoms with van der Waals surface area (Å²) < 4.78 is 5.30. The lowest BCUT2D eigenvalue weighted by atomic mass is 9.98. The molecule has 0 amide bonds. The number of methoxy groups -OCH3 is 1. The van der Waals surface area contributed by atoms with Crippen LogP contribution in [0.1, 0.15) is 12.5 Å². The van der Waals surface area contributed by atoms with E-state index in [1.807, 2.05) is 13.0 Å². The molecule has 0 spiro atoms. The topological polar surface area (TPSA) is 48.1 Å². The molecule has 1 heterocycles. The van der Waals surface area contributed by atoms with Crippen molar-refractivity contribution in [3.8, 4) is 0 Å². The Kier molecular flexibility index (Phi) is 3.25. The molecule has 1 rings (SSSR count). The summed E-state index contributed by atoms with van der Waals surface area (Å²) in [6, 6.07) is 3.59. The van der Waals surface area contributed by atoms with Crippen LogP contribution in [0.4, 0.5) is 0 Å². The van der Waals surface area contributed by atoms with Crippen molar-refractivity contribution in [1.29, 1.82) is 0 Å². The number of hydrogen-bond acceptors (Lipinski definition) is 3. The van der Waals surface area contributed by atoms with Gasteiger partial charge in [0.15, 0.2) is 0 Å².